The first-order valence-corrected chi connectivity index (χ1v) is 4.95. The van der Waals surface area contributed by atoms with E-state index in [9.17, 15) is 0 Å². The van der Waals surface area contributed by atoms with Crippen molar-refractivity contribution in [3.8, 4) is 0 Å². The third-order valence-corrected chi connectivity index (χ3v) is 3.87. The Labute approximate surface area is 72.1 Å². The van der Waals surface area contributed by atoms with Gasteiger partial charge in [-0.05, 0) is 12.8 Å². The van der Waals surface area contributed by atoms with Crippen molar-refractivity contribution in [2.24, 2.45) is 11.1 Å². The van der Waals surface area contributed by atoms with E-state index in [1.165, 1.54) is 0 Å². The highest BCUT2D eigenvalue weighted by Gasteiger charge is 2.30. The average molecular weight is 173 g/mol. The Morgan fingerprint density at radius 2 is 2.27 bits per heavy atom. The van der Waals surface area contributed by atoms with E-state index in [4.69, 9.17) is 5.21 Å². The first-order valence-electron chi connectivity index (χ1n) is 4.01. The van der Waals surface area contributed by atoms with Crippen LogP contribution in [0, 0.1) is 5.92 Å². The molecule has 0 spiro atoms. The summed E-state index contributed by atoms with van der Waals surface area (Å²) >= 11 is 1.92. The summed E-state index contributed by atoms with van der Waals surface area (Å²) in [6.07, 6.45) is 0.958. The molecule has 11 heavy (non-hydrogen) atoms. The fourth-order valence-corrected chi connectivity index (χ4v) is 2.68. The van der Waals surface area contributed by atoms with E-state index in [0.29, 0.717) is 16.4 Å². The van der Waals surface area contributed by atoms with E-state index in [1.807, 2.05) is 11.8 Å². The highest BCUT2D eigenvalue weighted by molar-refractivity contribution is 8.01. The summed E-state index contributed by atoms with van der Waals surface area (Å²) in [5.74, 6) is 0.682. The van der Waals surface area contributed by atoms with Gasteiger partial charge in [-0.2, -0.15) is 0 Å². The predicted molar refractivity (Wildman–Crippen MR) is 49.5 cm³/mol. The van der Waals surface area contributed by atoms with Gasteiger partial charge in [-0.25, -0.2) is 0 Å². The van der Waals surface area contributed by atoms with E-state index in [1.54, 1.807) is 0 Å². The lowest BCUT2D eigenvalue weighted by molar-refractivity contribution is 0.316. The molecule has 0 bridgehead atoms. The Kier molecular flexibility index (Phi) is 2.82. The second kappa shape index (κ2) is 3.48. The molecule has 1 aliphatic rings. The smallest absolute Gasteiger partial charge is 0.0708 e. The summed E-state index contributed by atoms with van der Waals surface area (Å²) in [6.45, 7) is 6.53. The Bertz CT molecular complexity index is 167. The summed E-state index contributed by atoms with van der Waals surface area (Å²) < 4.78 is 0. The first-order chi connectivity index (χ1) is 5.15. The van der Waals surface area contributed by atoms with Crippen LogP contribution in [0.4, 0.5) is 0 Å². The Balaban J connectivity index is 2.57. The number of rotatable bonds is 1. The van der Waals surface area contributed by atoms with Gasteiger partial charge in [0, 0.05) is 16.9 Å². The van der Waals surface area contributed by atoms with Gasteiger partial charge < -0.3 is 5.21 Å². The van der Waals surface area contributed by atoms with Crippen LogP contribution in [0.3, 0.4) is 0 Å². The van der Waals surface area contributed by atoms with Crippen molar-refractivity contribution in [2.75, 3.05) is 0 Å². The molecule has 1 N–H and O–H groups in total. The molecule has 1 heterocycles. The molecule has 0 saturated carbocycles. The number of thioether (sulfide) groups is 1. The van der Waals surface area contributed by atoms with Crippen molar-refractivity contribution in [2.45, 2.75) is 37.7 Å². The average Bonchev–Trinajstić information content (AvgIpc) is 2.31. The van der Waals surface area contributed by atoms with Crippen molar-refractivity contribution in [1.82, 2.24) is 0 Å². The van der Waals surface area contributed by atoms with Crippen molar-refractivity contribution < 1.29 is 5.21 Å². The van der Waals surface area contributed by atoms with Crippen LogP contribution in [0.2, 0.25) is 0 Å². The molecule has 0 aromatic rings. The minimum Gasteiger partial charge on any atom is -0.411 e. The summed E-state index contributed by atoms with van der Waals surface area (Å²) in [5.41, 5.74) is 0.953. The van der Waals surface area contributed by atoms with Gasteiger partial charge in [0.15, 0.2) is 0 Å². The standard InChI is InChI=1S/C8H15NOS/c1-5(2)8-4-7(9-10)6(3)11-8/h5-6,8,10H,4H2,1-3H3. The maximum atomic E-state index is 8.61. The first kappa shape index (κ1) is 8.91. The van der Waals surface area contributed by atoms with Crippen LogP contribution in [-0.4, -0.2) is 21.4 Å². The normalized spacial score (nSPS) is 35.5. The quantitative estimate of drug-likeness (QED) is 0.487. The molecule has 0 aliphatic carbocycles. The lowest BCUT2D eigenvalue weighted by Gasteiger charge is -2.11. The van der Waals surface area contributed by atoms with E-state index in [2.05, 4.69) is 25.9 Å². The van der Waals surface area contributed by atoms with E-state index >= 15 is 0 Å². The van der Waals surface area contributed by atoms with E-state index in [0.717, 1.165) is 12.1 Å². The number of hydrogen-bond acceptors (Lipinski definition) is 3. The van der Waals surface area contributed by atoms with Gasteiger partial charge in [-0.1, -0.05) is 19.0 Å². The zero-order chi connectivity index (χ0) is 8.43. The third-order valence-electron chi connectivity index (χ3n) is 2.13. The third kappa shape index (κ3) is 1.89. The number of hydrogen-bond donors (Lipinski definition) is 1. The Hall–Kier alpha value is -0.180. The van der Waals surface area contributed by atoms with Crippen LogP contribution in [0.15, 0.2) is 5.16 Å². The molecule has 64 valence electrons. The van der Waals surface area contributed by atoms with Crippen LogP contribution in [0.5, 0.6) is 0 Å². The van der Waals surface area contributed by atoms with Gasteiger partial charge in [-0.3, -0.25) is 0 Å². The molecule has 0 aromatic carbocycles. The topological polar surface area (TPSA) is 32.6 Å². The van der Waals surface area contributed by atoms with E-state index in [-0.39, 0.29) is 0 Å². The lowest BCUT2D eigenvalue weighted by Crippen LogP contribution is -2.08. The molecule has 0 radical (unpaired) electrons. The number of oxime groups is 1. The van der Waals surface area contributed by atoms with Crippen LogP contribution in [-0.2, 0) is 0 Å². The molecule has 1 saturated heterocycles. The van der Waals surface area contributed by atoms with Crippen molar-refractivity contribution in [3.05, 3.63) is 0 Å². The minimum atomic E-state index is 0.410. The van der Waals surface area contributed by atoms with Crippen molar-refractivity contribution >= 4 is 17.5 Å². The maximum absolute atomic E-state index is 8.61. The SMILES string of the molecule is CC1SC(C(C)C)CC1=NO. The largest absolute Gasteiger partial charge is 0.411 e. The summed E-state index contributed by atoms with van der Waals surface area (Å²) in [7, 11) is 0. The fraction of sp³-hybridized carbons (Fsp3) is 0.875. The van der Waals surface area contributed by atoms with Crippen molar-refractivity contribution in [3.63, 3.8) is 0 Å². The molecular formula is C8H15NOS. The second-order valence-electron chi connectivity index (χ2n) is 3.36. The molecular weight excluding hydrogens is 158 g/mol. The van der Waals surface area contributed by atoms with Crippen LogP contribution in [0.25, 0.3) is 0 Å². The zero-order valence-electron chi connectivity index (χ0n) is 7.24. The summed E-state index contributed by atoms with van der Waals surface area (Å²) in [5, 5.41) is 13.0. The maximum Gasteiger partial charge on any atom is 0.0708 e. The molecule has 0 amide bonds. The van der Waals surface area contributed by atoms with Gasteiger partial charge in [0.2, 0.25) is 0 Å². The zero-order valence-corrected chi connectivity index (χ0v) is 8.06. The molecule has 1 fully saturated rings. The minimum absolute atomic E-state index is 0.410. The fourth-order valence-electron chi connectivity index (χ4n) is 1.28. The van der Waals surface area contributed by atoms with Crippen LogP contribution < -0.4 is 0 Å². The number of nitrogens with zero attached hydrogens (tertiary/aromatic N) is 1. The molecule has 0 aromatic heterocycles. The predicted octanol–water partition coefficient (Wildman–Crippen LogP) is 2.37. The monoisotopic (exact) mass is 173 g/mol. The summed E-state index contributed by atoms with van der Waals surface area (Å²) in [6, 6.07) is 0. The molecule has 3 heteroatoms. The molecule has 1 aliphatic heterocycles. The highest BCUT2D eigenvalue weighted by Crippen LogP contribution is 2.35. The van der Waals surface area contributed by atoms with Gasteiger partial charge in [0.25, 0.3) is 0 Å². The summed E-state index contributed by atoms with van der Waals surface area (Å²) in [4.78, 5) is 0. The van der Waals surface area contributed by atoms with Gasteiger partial charge in [0.1, 0.15) is 0 Å². The molecule has 2 unspecified atom stereocenters. The highest BCUT2D eigenvalue weighted by atomic mass is 32.2. The van der Waals surface area contributed by atoms with Gasteiger partial charge >= 0.3 is 0 Å². The second-order valence-corrected chi connectivity index (χ2v) is 4.94. The Morgan fingerprint density at radius 3 is 2.55 bits per heavy atom. The van der Waals surface area contributed by atoms with Crippen molar-refractivity contribution in [1.29, 1.82) is 0 Å². The van der Waals surface area contributed by atoms with E-state index < -0.39 is 0 Å². The molecule has 2 nitrogen and oxygen atoms in total. The van der Waals surface area contributed by atoms with Gasteiger partial charge in [0.05, 0.1) is 5.71 Å². The lowest BCUT2D eigenvalue weighted by atomic mass is 10.0. The molecule has 1 rings (SSSR count). The van der Waals surface area contributed by atoms with Crippen LogP contribution in [0.1, 0.15) is 27.2 Å². The van der Waals surface area contributed by atoms with Crippen LogP contribution >= 0.6 is 11.8 Å². The Morgan fingerprint density at radius 1 is 1.64 bits per heavy atom. The molecule has 2 atom stereocenters. The van der Waals surface area contributed by atoms with Gasteiger partial charge in [-0.15, -0.1) is 11.8 Å².